The molecule has 1 heterocycles. The van der Waals surface area contributed by atoms with E-state index in [1.807, 2.05) is 30.3 Å². The molecule has 0 saturated carbocycles. The second-order valence-corrected chi connectivity index (χ2v) is 6.16. The Morgan fingerprint density at radius 3 is 2.67 bits per heavy atom. The van der Waals surface area contributed by atoms with Crippen molar-refractivity contribution in [2.24, 2.45) is 5.41 Å². The van der Waals surface area contributed by atoms with Crippen LogP contribution in [-0.2, 0) is 0 Å². The van der Waals surface area contributed by atoms with Crippen LogP contribution >= 0.6 is 0 Å². The molecule has 0 bridgehead atoms. The van der Waals surface area contributed by atoms with Gasteiger partial charge >= 0.3 is 0 Å². The first-order valence-electron chi connectivity index (χ1n) is 6.99. The van der Waals surface area contributed by atoms with Gasteiger partial charge in [-0.25, -0.2) is 0 Å². The van der Waals surface area contributed by atoms with E-state index in [9.17, 15) is 0 Å². The summed E-state index contributed by atoms with van der Waals surface area (Å²) in [5.74, 6) is 0.975. The fraction of sp³-hybridized carbons (Fsp3) is 0.625. The minimum Gasteiger partial charge on any atom is -0.492 e. The Labute approximate surface area is 111 Å². The summed E-state index contributed by atoms with van der Waals surface area (Å²) < 4.78 is 5.77. The minimum absolute atomic E-state index is 0.510. The first-order chi connectivity index (χ1) is 8.57. The SMILES string of the molecule is CC1CC(C)(C)CCN1CCOc1ccccc1. The van der Waals surface area contributed by atoms with Crippen molar-refractivity contribution in [3.05, 3.63) is 30.3 Å². The number of hydrogen-bond acceptors (Lipinski definition) is 2. The van der Waals surface area contributed by atoms with Gasteiger partial charge in [0.05, 0.1) is 0 Å². The van der Waals surface area contributed by atoms with Crippen molar-refractivity contribution in [2.45, 2.75) is 39.7 Å². The van der Waals surface area contributed by atoms with E-state index in [1.165, 1.54) is 19.4 Å². The summed E-state index contributed by atoms with van der Waals surface area (Å²) in [4.78, 5) is 2.55. The smallest absolute Gasteiger partial charge is 0.119 e. The zero-order chi connectivity index (χ0) is 13.0. The van der Waals surface area contributed by atoms with Crippen LogP contribution in [0, 0.1) is 5.41 Å². The first kappa shape index (κ1) is 13.4. The van der Waals surface area contributed by atoms with Gasteiger partial charge in [-0.3, -0.25) is 4.90 Å². The number of benzene rings is 1. The molecule has 100 valence electrons. The molecule has 1 aliphatic rings. The Morgan fingerprint density at radius 2 is 2.00 bits per heavy atom. The lowest BCUT2D eigenvalue weighted by atomic mass is 9.79. The number of ether oxygens (including phenoxy) is 1. The first-order valence-corrected chi connectivity index (χ1v) is 6.99. The van der Waals surface area contributed by atoms with Gasteiger partial charge < -0.3 is 4.74 Å². The third kappa shape index (κ3) is 3.74. The highest BCUT2D eigenvalue weighted by Crippen LogP contribution is 2.33. The van der Waals surface area contributed by atoms with E-state index >= 15 is 0 Å². The van der Waals surface area contributed by atoms with Crippen molar-refractivity contribution in [2.75, 3.05) is 19.7 Å². The van der Waals surface area contributed by atoms with Gasteiger partial charge in [0.2, 0.25) is 0 Å². The largest absolute Gasteiger partial charge is 0.492 e. The Balaban J connectivity index is 1.74. The van der Waals surface area contributed by atoms with Crippen LogP contribution in [0.2, 0.25) is 0 Å². The summed E-state index contributed by atoms with van der Waals surface area (Å²) in [6.45, 7) is 10.1. The van der Waals surface area contributed by atoms with Gasteiger partial charge in [-0.15, -0.1) is 0 Å². The van der Waals surface area contributed by atoms with Gasteiger partial charge in [0, 0.05) is 12.6 Å². The molecule has 0 amide bonds. The van der Waals surface area contributed by atoms with Crippen LogP contribution in [0.15, 0.2) is 30.3 Å². The number of hydrogen-bond donors (Lipinski definition) is 0. The molecule has 0 aliphatic carbocycles. The van der Waals surface area contributed by atoms with Crippen molar-refractivity contribution < 1.29 is 4.74 Å². The van der Waals surface area contributed by atoms with Crippen LogP contribution in [-0.4, -0.2) is 30.6 Å². The highest BCUT2D eigenvalue weighted by molar-refractivity contribution is 5.20. The predicted octanol–water partition coefficient (Wildman–Crippen LogP) is 3.58. The third-order valence-electron chi connectivity index (χ3n) is 3.94. The lowest BCUT2D eigenvalue weighted by Gasteiger charge is -2.41. The van der Waals surface area contributed by atoms with E-state index in [1.54, 1.807) is 0 Å². The van der Waals surface area contributed by atoms with Crippen LogP contribution in [0.25, 0.3) is 0 Å². The zero-order valence-corrected chi connectivity index (χ0v) is 11.9. The van der Waals surface area contributed by atoms with Gasteiger partial charge in [0.1, 0.15) is 12.4 Å². The van der Waals surface area contributed by atoms with Gasteiger partial charge in [-0.05, 0) is 43.9 Å². The average molecular weight is 247 g/mol. The highest BCUT2D eigenvalue weighted by atomic mass is 16.5. The molecule has 0 spiro atoms. The van der Waals surface area contributed by atoms with Gasteiger partial charge in [-0.1, -0.05) is 32.0 Å². The van der Waals surface area contributed by atoms with Crippen LogP contribution < -0.4 is 4.74 Å². The van der Waals surface area contributed by atoms with E-state index in [0.29, 0.717) is 11.5 Å². The molecule has 2 heteroatoms. The monoisotopic (exact) mass is 247 g/mol. The number of nitrogens with zero attached hydrogens (tertiary/aromatic N) is 1. The van der Waals surface area contributed by atoms with Gasteiger partial charge in [0.15, 0.2) is 0 Å². The number of rotatable bonds is 4. The van der Waals surface area contributed by atoms with Crippen LogP contribution in [0.5, 0.6) is 5.75 Å². The molecule has 0 aromatic heterocycles. The molecule has 18 heavy (non-hydrogen) atoms. The summed E-state index contributed by atoms with van der Waals surface area (Å²) in [6, 6.07) is 10.8. The van der Waals surface area contributed by atoms with Crippen LogP contribution in [0.3, 0.4) is 0 Å². The maximum atomic E-state index is 5.77. The predicted molar refractivity (Wildman–Crippen MR) is 76.0 cm³/mol. The zero-order valence-electron chi connectivity index (χ0n) is 11.9. The average Bonchev–Trinajstić information content (AvgIpc) is 2.33. The van der Waals surface area contributed by atoms with E-state index in [0.717, 1.165) is 18.9 Å². The Morgan fingerprint density at radius 1 is 1.28 bits per heavy atom. The maximum absolute atomic E-state index is 5.77. The summed E-state index contributed by atoms with van der Waals surface area (Å²) >= 11 is 0. The number of likely N-dealkylation sites (tertiary alicyclic amines) is 1. The van der Waals surface area contributed by atoms with Crippen molar-refractivity contribution in [1.82, 2.24) is 4.90 Å². The molecule has 0 N–H and O–H groups in total. The lowest BCUT2D eigenvalue weighted by Crippen LogP contribution is -2.45. The van der Waals surface area contributed by atoms with Crippen molar-refractivity contribution in [1.29, 1.82) is 0 Å². The Kier molecular flexibility index (Phi) is 4.28. The fourth-order valence-electron chi connectivity index (χ4n) is 2.83. The fourth-order valence-corrected chi connectivity index (χ4v) is 2.83. The third-order valence-corrected chi connectivity index (χ3v) is 3.94. The molecule has 2 nitrogen and oxygen atoms in total. The standard InChI is InChI=1S/C16H25NO/c1-14-13-16(2,3)9-10-17(14)11-12-18-15-7-5-4-6-8-15/h4-8,14H,9-13H2,1-3H3. The molecular weight excluding hydrogens is 222 g/mol. The molecule has 1 atom stereocenters. The Hall–Kier alpha value is -1.02. The van der Waals surface area contributed by atoms with Crippen LogP contribution in [0.1, 0.15) is 33.6 Å². The minimum atomic E-state index is 0.510. The molecular formula is C16H25NO. The molecule has 1 aliphatic heterocycles. The molecule has 1 aromatic rings. The molecule has 1 saturated heterocycles. The molecule has 0 radical (unpaired) electrons. The second kappa shape index (κ2) is 5.75. The second-order valence-electron chi connectivity index (χ2n) is 6.16. The molecule has 2 rings (SSSR count). The highest BCUT2D eigenvalue weighted by Gasteiger charge is 2.30. The number of para-hydroxylation sites is 1. The van der Waals surface area contributed by atoms with Crippen molar-refractivity contribution >= 4 is 0 Å². The molecule has 1 aromatic carbocycles. The summed E-state index contributed by atoms with van der Waals surface area (Å²) in [6.07, 6.45) is 2.58. The van der Waals surface area contributed by atoms with Crippen molar-refractivity contribution in [3.8, 4) is 5.75 Å². The van der Waals surface area contributed by atoms with E-state index in [-0.39, 0.29) is 0 Å². The lowest BCUT2D eigenvalue weighted by molar-refractivity contribution is 0.0682. The normalized spacial score (nSPS) is 23.8. The Bertz CT molecular complexity index is 361. The van der Waals surface area contributed by atoms with E-state index in [4.69, 9.17) is 4.74 Å². The van der Waals surface area contributed by atoms with Crippen LogP contribution in [0.4, 0.5) is 0 Å². The van der Waals surface area contributed by atoms with Crippen molar-refractivity contribution in [3.63, 3.8) is 0 Å². The quantitative estimate of drug-likeness (QED) is 0.806. The summed E-state index contributed by atoms with van der Waals surface area (Å²) in [5, 5.41) is 0. The van der Waals surface area contributed by atoms with E-state index < -0.39 is 0 Å². The number of piperidine rings is 1. The van der Waals surface area contributed by atoms with Gasteiger partial charge in [0.25, 0.3) is 0 Å². The summed E-state index contributed by atoms with van der Waals surface area (Å²) in [7, 11) is 0. The molecule has 1 fully saturated rings. The molecule has 1 unspecified atom stereocenters. The topological polar surface area (TPSA) is 12.5 Å². The van der Waals surface area contributed by atoms with E-state index in [2.05, 4.69) is 25.7 Å². The maximum Gasteiger partial charge on any atom is 0.119 e. The van der Waals surface area contributed by atoms with Gasteiger partial charge in [-0.2, -0.15) is 0 Å². The summed E-state index contributed by atoms with van der Waals surface area (Å²) in [5.41, 5.74) is 0.510.